The van der Waals surface area contributed by atoms with Gasteiger partial charge < -0.3 is 11.1 Å². The molecule has 0 aliphatic heterocycles. The van der Waals surface area contributed by atoms with Crippen LogP contribution in [0.4, 0.5) is 5.69 Å². The van der Waals surface area contributed by atoms with Gasteiger partial charge in [-0.2, -0.15) is 0 Å². The fourth-order valence-electron chi connectivity index (χ4n) is 2.22. The Bertz CT molecular complexity index is 817. The molecule has 0 saturated heterocycles. The summed E-state index contributed by atoms with van der Waals surface area (Å²) >= 11 is 3.15. The van der Waals surface area contributed by atoms with Gasteiger partial charge in [0, 0.05) is 19.8 Å². The third kappa shape index (κ3) is 2.80. The molecule has 21 heavy (non-hydrogen) atoms. The van der Waals surface area contributed by atoms with Gasteiger partial charge in [-0.25, -0.2) is 0 Å². The number of thiophene rings is 2. The van der Waals surface area contributed by atoms with E-state index in [-0.39, 0.29) is 5.91 Å². The molecule has 3 rings (SSSR count). The van der Waals surface area contributed by atoms with E-state index in [1.807, 2.05) is 25.1 Å². The van der Waals surface area contributed by atoms with Crippen LogP contribution in [0, 0.1) is 13.8 Å². The molecule has 0 fully saturated rings. The Hall–Kier alpha value is -1.85. The first-order valence-electron chi connectivity index (χ1n) is 6.67. The standard InChI is InChI=1S/C16H16N2OS2/c1-9-3-6-12-13(7-9)21-15(14(12)17)16(19)18-8-11-5-4-10(2)20-11/h3-7H,8,17H2,1-2H3,(H,18,19). The lowest BCUT2D eigenvalue weighted by molar-refractivity contribution is 0.0956. The van der Waals surface area contributed by atoms with Crippen molar-refractivity contribution in [3.05, 3.63) is 50.5 Å². The molecular formula is C16H16N2OS2. The number of aryl methyl sites for hydroxylation is 2. The number of nitrogens with one attached hydrogen (secondary N) is 1. The van der Waals surface area contributed by atoms with Crippen molar-refractivity contribution in [3.8, 4) is 0 Å². The molecule has 0 bridgehead atoms. The lowest BCUT2D eigenvalue weighted by Gasteiger charge is -2.02. The smallest absolute Gasteiger partial charge is 0.263 e. The lowest BCUT2D eigenvalue weighted by Crippen LogP contribution is -2.22. The SMILES string of the molecule is Cc1ccc2c(N)c(C(=O)NCc3ccc(C)s3)sc2c1. The van der Waals surface area contributed by atoms with E-state index >= 15 is 0 Å². The second kappa shape index (κ2) is 5.50. The molecular weight excluding hydrogens is 300 g/mol. The second-order valence-corrected chi connectivity index (χ2v) is 7.46. The van der Waals surface area contributed by atoms with Gasteiger partial charge in [0.1, 0.15) is 4.88 Å². The van der Waals surface area contributed by atoms with E-state index in [9.17, 15) is 4.79 Å². The molecule has 2 aromatic heterocycles. The number of benzene rings is 1. The molecule has 0 radical (unpaired) electrons. The van der Waals surface area contributed by atoms with E-state index in [1.165, 1.54) is 21.8 Å². The first-order chi connectivity index (χ1) is 10.0. The monoisotopic (exact) mass is 316 g/mol. The number of carbonyl (C=O) groups excluding carboxylic acids is 1. The highest BCUT2D eigenvalue weighted by molar-refractivity contribution is 7.21. The molecule has 3 aromatic rings. The van der Waals surface area contributed by atoms with Gasteiger partial charge in [-0.15, -0.1) is 22.7 Å². The molecule has 0 aliphatic rings. The number of fused-ring (bicyclic) bond motifs is 1. The van der Waals surface area contributed by atoms with Crippen molar-refractivity contribution in [2.24, 2.45) is 0 Å². The fraction of sp³-hybridized carbons (Fsp3) is 0.188. The van der Waals surface area contributed by atoms with Gasteiger partial charge in [-0.05, 0) is 37.6 Å². The summed E-state index contributed by atoms with van der Waals surface area (Å²) in [4.78, 5) is 15.3. The van der Waals surface area contributed by atoms with Crippen LogP contribution in [0.3, 0.4) is 0 Å². The van der Waals surface area contributed by atoms with Crippen molar-refractivity contribution in [3.63, 3.8) is 0 Å². The highest BCUT2D eigenvalue weighted by Crippen LogP contribution is 2.34. The van der Waals surface area contributed by atoms with Gasteiger partial charge in [-0.3, -0.25) is 4.79 Å². The Morgan fingerprint density at radius 1 is 1.19 bits per heavy atom. The van der Waals surface area contributed by atoms with Gasteiger partial charge >= 0.3 is 0 Å². The maximum atomic E-state index is 12.3. The van der Waals surface area contributed by atoms with Crippen LogP contribution in [0.25, 0.3) is 10.1 Å². The van der Waals surface area contributed by atoms with Crippen molar-refractivity contribution in [1.29, 1.82) is 0 Å². The maximum Gasteiger partial charge on any atom is 0.263 e. The van der Waals surface area contributed by atoms with Crippen LogP contribution in [0.1, 0.15) is 25.0 Å². The number of nitrogens with two attached hydrogens (primary N) is 1. The predicted molar refractivity (Wildman–Crippen MR) is 91.2 cm³/mol. The molecule has 1 aromatic carbocycles. The fourth-order valence-corrected chi connectivity index (χ4v) is 4.19. The zero-order chi connectivity index (χ0) is 15.0. The summed E-state index contributed by atoms with van der Waals surface area (Å²) in [5.74, 6) is -0.0996. The van der Waals surface area contributed by atoms with Gasteiger partial charge in [0.2, 0.25) is 0 Å². The minimum Gasteiger partial charge on any atom is -0.397 e. The van der Waals surface area contributed by atoms with E-state index < -0.39 is 0 Å². The largest absolute Gasteiger partial charge is 0.397 e. The number of hydrogen-bond acceptors (Lipinski definition) is 4. The zero-order valence-corrected chi connectivity index (χ0v) is 13.5. The van der Waals surface area contributed by atoms with Crippen LogP contribution < -0.4 is 11.1 Å². The molecule has 0 spiro atoms. The Morgan fingerprint density at radius 3 is 2.71 bits per heavy atom. The third-order valence-electron chi connectivity index (χ3n) is 3.31. The van der Waals surface area contributed by atoms with Crippen LogP contribution >= 0.6 is 22.7 Å². The molecule has 5 heteroatoms. The van der Waals surface area contributed by atoms with E-state index in [4.69, 9.17) is 5.73 Å². The van der Waals surface area contributed by atoms with E-state index in [1.54, 1.807) is 11.3 Å². The average Bonchev–Trinajstić information content (AvgIpc) is 3.00. The molecule has 0 unspecified atom stereocenters. The minimum absolute atomic E-state index is 0.0996. The van der Waals surface area contributed by atoms with E-state index in [2.05, 4.69) is 24.4 Å². The van der Waals surface area contributed by atoms with Gasteiger partial charge in [0.25, 0.3) is 5.91 Å². The van der Waals surface area contributed by atoms with Crippen LogP contribution in [-0.2, 0) is 6.54 Å². The molecule has 3 nitrogen and oxygen atoms in total. The Morgan fingerprint density at radius 2 is 2.00 bits per heavy atom. The Kier molecular flexibility index (Phi) is 3.69. The van der Waals surface area contributed by atoms with E-state index in [0.29, 0.717) is 17.1 Å². The van der Waals surface area contributed by atoms with Crippen molar-refractivity contribution in [1.82, 2.24) is 5.32 Å². The zero-order valence-electron chi connectivity index (χ0n) is 11.9. The first-order valence-corrected chi connectivity index (χ1v) is 8.30. The highest BCUT2D eigenvalue weighted by Gasteiger charge is 2.16. The number of anilines is 1. The number of amides is 1. The molecule has 1 amide bonds. The Balaban J connectivity index is 1.82. The molecule has 0 atom stereocenters. The summed E-state index contributed by atoms with van der Waals surface area (Å²) in [6, 6.07) is 10.2. The van der Waals surface area contributed by atoms with Crippen molar-refractivity contribution in [2.75, 3.05) is 5.73 Å². The maximum absolute atomic E-state index is 12.3. The van der Waals surface area contributed by atoms with Crippen molar-refractivity contribution in [2.45, 2.75) is 20.4 Å². The van der Waals surface area contributed by atoms with Crippen LogP contribution in [0.2, 0.25) is 0 Å². The number of carbonyl (C=O) groups is 1. The summed E-state index contributed by atoms with van der Waals surface area (Å²) in [5, 5.41) is 3.91. The summed E-state index contributed by atoms with van der Waals surface area (Å²) in [6.45, 7) is 4.64. The average molecular weight is 316 g/mol. The highest BCUT2D eigenvalue weighted by atomic mass is 32.1. The van der Waals surface area contributed by atoms with Gasteiger partial charge in [-0.1, -0.05) is 12.1 Å². The first kappa shape index (κ1) is 14.1. The summed E-state index contributed by atoms with van der Waals surface area (Å²) in [6.07, 6.45) is 0. The molecule has 108 valence electrons. The molecule has 2 heterocycles. The van der Waals surface area contributed by atoms with Crippen LogP contribution in [0.15, 0.2) is 30.3 Å². The third-order valence-corrected chi connectivity index (χ3v) is 5.48. The normalized spacial score (nSPS) is 11.0. The van der Waals surface area contributed by atoms with Crippen LogP contribution in [-0.4, -0.2) is 5.91 Å². The van der Waals surface area contributed by atoms with Crippen molar-refractivity contribution < 1.29 is 4.79 Å². The lowest BCUT2D eigenvalue weighted by atomic mass is 10.1. The van der Waals surface area contributed by atoms with Gasteiger partial charge in [0.05, 0.1) is 12.2 Å². The van der Waals surface area contributed by atoms with Crippen LogP contribution in [0.5, 0.6) is 0 Å². The Labute approximate surface area is 131 Å². The second-order valence-electron chi connectivity index (χ2n) is 5.04. The summed E-state index contributed by atoms with van der Waals surface area (Å²) in [7, 11) is 0. The number of nitrogen functional groups attached to an aromatic ring is 1. The molecule has 3 N–H and O–H groups in total. The van der Waals surface area contributed by atoms with Gasteiger partial charge in [0.15, 0.2) is 0 Å². The summed E-state index contributed by atoms with van der Waals surface area (Å²) < 4.78 is 1.06. The predicted octanol–water partition coefficient (Wildman–Crippen LogP) is 4.09. The minimum atomic E-state index is -0.0996. The molecule has 0 saturated carbocycles. The van der Waals surface area contributed by atoms with E-state index in [0.717, 1.165) is 15.0 Å². The number of rotatable bonds is 3. The quantitative estimate of drug-likeness (QED) is 0.764. The molecule has 0 aliphatic carbocycles. The number of hydrogen-bond donors (Lipinski definition) is 2. The summed E-state index contributed by atoms with van der Waals surface area (Å²) in [5.41, 5.74) is 7.86. The van der Waals surface area contributed by atoms with Crippen molar-refractivity contribution >= 4 is 44.4 Å². The topological polar surface area (TPSA) is 55.1 Å².